The van der Waals surface area contributed by atoms with Crippen molar-refractivity contribution in [3.8, 4) is 6.07 Å². The summed E-state index contributed by atoms with van der Waals surface area (Å²) in [5.74, 6) is 0. The zero-order valence-electron chi connectivity index (χ0n) is 7.94. The van der Waals surface area contributed by atoms with E-state index in [1.54, 1.807) is 0 Å². The molecule has 0 saturated heterocycles. The zero-order chi connectivity index (χ0) is 9.07. The zero-order valence-corrected chi connectivity index (χ0v) is 8.94. The molecule has 62 valence electrons. The summed E-state index contributed by atoms with van der Waals surface area (Å²) in [7, 11) is -1.27. The van der Waals surface area contributed by atoms with Gasteiger partial charge in [0, 0.05) is 5.54 Å². The van der Waals surface area contributed by atoms with Crippen LogP contribution in [0.15, 0.2) is 12.2 Å². The quantitative estimate of drug-likeness (QED) is 0.468. The molecule has 0 aliphatic heterocycles. The maximum atomic E-state index is 8.85. The summed E-state index contributed by atoms with van der Waals surface area (Å²) in [4.78, 5) is 0. The molecule has 0 fully saturated rings. The van der Waals surface area contributed by atoms with E-state index >= 15 is 0 Å². The standard InChI is InChI=1S/C9H17NSi/c1-8(2)6-9(7-10)11(3,4)5/h9H,1,6H2,2-5H3. The van der Waals surface area contributed by atoms with Gasteiger partial charge in [-0.2, -0.15) is 5.26 Å². The number of nitrogens with zero attached hydrogens (tertiary/aromatic N) is 1. The highest BCUT2D eigenvalue weighted by Gasteiger charge is 2.25. The molecule has 1 unspecified atom stereocenters. The van der Waals surface area contributed by atoms with E-state index in [1.165, 1.54) is 0 Å². The molecule has 0 spiro atoms. The van der Waals surface area contributed by atoms with Crippen molar-refractivity contribution < 1.29 is 0 Å². The fourth-order valence-electron chi connectivity index (χ4n) is 0.894. The molecule has 0 aromatic heterocycles. The Morgan fingerprint density at radius 2 is 2.00 bits per heavy atom. The molecule has 0 aliphatic carbocycles. The van der Waals surface area contributed by atoms with E-state index in [-0.39, 0.29) is 5.54 Å². The molecule has 0 aliphatic rings. The van der Waals surface area contributed by atoms with Crippen LogP contribution in [0.3, 0.4) is 0 Å². The van der Waals surface area contributed by atoms with Crippen LogP contribution >= 0.6 is 0 Å². The maximum absolute atomic E-state index is 8.85. The Balaban J connectivity index is 4.22. The second-order valence-corrected chi connectivity index (χ2v) is 9.64. The molecule has 0 aromatic rings. The van der Waals surface area contributed by atoms with Gasteiger partial charge in [0.05, 0.1) is 14.1 Å². The van der Waals surface area contributed by atoms with Crippen molar-refractivity contribution in [2.24, 2.45) is 0 Å². The van der Waals surface area contributed by atoms with Crippen LogP contribution in [-0.4, -0.2) is 8.07 Å². The van der Waals surface area contributed by atoms with Gasteiger partial charge in [-0.3, -0.25) is 0 Å². The first-order valence-electron chi connectivity index (χ1n) is 3.92. The Labute approximate surface area is 70.7 Å². The van der Waals surface area contributed by atoms with Gasteiger partial charge >= 0.3 is 0 Å². The van der Waals surface area contributed by atoms with Gasteiger partial charge in [-0.25, -0.2) is 0 Å². The van der Waals surface area contributed by atoms with Crippen molar-refractivity contribution >= 4 is 8.07 Å². The van der Waals surface area contributed by atoms with Gasteiger partial charge in [0.25, 0.3) is 0 Å². The minimum absolute atomic E-state index is 0.236. The number of allylic oxidation sites excluding steroid dienone is 1. The molecule has 0 rings (SSSR count). The minimum Gasteiger partial charge on any atom is -0.198 e. The highest BCUT2D eigenvalue weighted by atomic mass is 28.3. The van der Waals surface area contributed by atoms with E-state index in [4.69, 9.17) is 5.26 Å². The second kappa shape index (κ2) is 3.73. The van der Waals surface area contributed by atoms with Crippen LogP contribution in [0, 0.1) is 11.3 Å². The van der Waals surface area contributed by atoms with Gasteiger partial charge in [-0.05, 0) is 13.3 Å². The van der Waals surface area contributed by atoms with Crippen LogP contribution in [0.2, 0.25) is 25.2 Å². The van der Waals surface area contributed by atoms with E-state index in [0.717, 1.165) is 12.0 Å². The van der Waals surface area contributed by atoms with Crippen molar-refractivity contribution in [1.82, 2.24) is 0 Å². The largest absolute Gasteiger partial charge is 0.198 e. The van der Waals surface area contributed by atoms with Crippen molar-refractivity contribution in [3.05, 3.63) is 12.2 Å². The summed E-state index contributed by atoms with van der Waals surface area (Å²) < 4.78 is 0. The fraction of sp³-hybridized carbons (Fsp3) is 0.667. The number of hydrogen-bond acceptors (Lipinski definition) is 1. The monoisotopic (exact) mass is 167 g/mol. The molecular formula is C9H17NSi. The van der Waals surface area contributed by atoms with E-state index in [1.807, 2.05) is 6.92 Å². The van der Waals surface area contributed by atoms with Crippen LogP contribution in [0.5, 0.6) is 0 Å². The number of nitriles is 1. The van der Waals surface area contributed by atoms with E-state index in [2.05, 4.69) is 32.3 Å². The smallest absolute Gasteiger partial charge is 0.0644 e. The Kier molecular flexibility index (Phi) is 3.54. The van der Waals surface area contributed by atoms with Gasteiger partial charge < -0.3 is 0 Å². The van der Waals surface area contributed by atoms with Crippen molar-refractivity contribution in [1.29, 1.82) is 5.26 Å². The summed E-state index contributed by atoms with van der Waals surface area (Å²) in [6.45, 7) is 12.5. The molecule has 0 heterocycles. The van der Waals surface area contributed by atoms with Crippen LogP contribution in [0.1, 0.15) is 13.3 Å². The Morgan fingerprint density at radius 1 is 1.55 bits per heavy atom. The molecule has 0 radical (unpaired) electrons. The molecular weight excluding hydrogens is 150 g/mol. The van der Waals surface area contributed by atoms with Gasteiger partial charge in [0.2, 0.25) is 0 Å². The maximum Gasteiger partial charge on any atom is 0.0644 e. The molecule has 11 heavy (non-hydrogen) atoms. The van der Waals surface area contributed by atoms with Crippen LogP contribution < -0.4 is 0 Å². The van der Waals surface area contributed by atoms with Crippen LogP contribution in [-0.2, 0) is 0 Å². The Bertz CT molecular complexity index is 183. The summed E-state index contributed by atoms with van der Waals surface area (Å²) in [5, 5.41) is 8.85. The molecule has 0 amide bonds. The minimum atomic E-state index is -1.27. The third-order valence-corrected chi connectivity index (χ3v) is 4.18. The predicted molar refractivity (Wildman–Crippen MR) is 52.1 cm³/mol. The van der Waals surface area contributed by atoms with E-state index in [9.17, 15) is 0 Å². The highest BCUT2D eigenvalue weighted by Crippen LogP contribution is 2.26. The average Bonchev–Trinajstić information content (AvgIpc) is 1.79. The summed E-state index contributed by atoms with van der Waals surface area (Å²) in [5.41, 5.74) is 1.36. The molecule has 0 N–H and O–H groups in total. The second-order valence-electron chi connectivity index (χ2n) is 4.21. The predicted octanol–water partition coefficient (Wildman–Crippen LogP) is 3.18. The molecule has 0 aromatic carbocycles. The van der Waals surface area contributed by atoms with Gasteiger partial charge in [0.15, 0.2) is 0 Å². The summed E-state index contributed by atoms with van der Waals surface area (Å²) in [6, 6.07) is 2.37. The average molecular weight is 167 g/mol. The van der Waals surface area contributed by atoms with Crippen molar-refractivity contribution in [3.63, 3.8) is 0 Å². The van der Waals surface area contributed by atoms with Gasteiger partial charge in [0.1, 0.15) is 0 Å². The lowest BCUT2D eigenvalue weighted by molar-refractivity contribution is 0.948. The van der Waals surface area contributed by atoms with Crippen LogP contribution in [0.25, 0.3) is 0 Å². The lowest BCUT2D eigenvalue weighted by atomic mass is 10.2. The third kappa shape index (κ3) is 4.00. The lowest BCUT2D eigenvalue weighted by Crippen LogP contribution is -2.27. The third-order valence-electron chi connectivity index (χ3n) is 1.75. The Hall–Kier alpha value is -0.553. The SMILES string of the molecule is C=C(C)CC(C#N)[Si](C)(C)C. The first kappa shape index (κ1) is 10.4. The number of hydrogen-bond donors (Lipinski definition) is 0. The fourth-order valence-corrected chi connectivity index (χ4v) is 2.24. The molecule has 0 saturated carbocycles. The topological polar surface area (TPSA) is 23.8 Å². The Morgan fingerprint density at radius 3 is 2.09 bits per heavy atom. The van der Waals surface area contributed by atoms with Crippen molar-refractivity contribution in [2.75, 3.05) is 0 Å². The normalized spacial score (nSPS) is 13.7. The summed E-state index contributed by atoms with van der Waals surface area (Å²) >= 11 is 0. The van der Waals surface area contributed by atoms with E-state index in [0.29, 0.717) is 0 Å². The van der Waals surface area contributed by atoms with Crippen molar-refractivity contribution in [2.45, 2.75) is 38.5 Å². The lowest BCUT2D eigenvalue weighted by Gasteiger charge is -2.22. The number of rotatable bonds is 3. The van der Waals surface area contributed by atoms with Gasteiger partial charge in [-0.15, -0.1) is 6.58 Å². The molecule has 1 atom stereocenters. The summed E-state index contributed by atoms with van der Waals surface area (Å²) in [6.07, 6.45) is 0.881. The van der Waals surface area contributed by atoms with E-state index < -0.39 is 8.07 Å². The van der Waals surface area contributed by atoms with Crippen LogP contribution in [0.4, 0.5) is 0 Å². The molecule has 1 nitrogen and oxygen atoms in total. The first-order valence-corrected chi connectivity index (χ1v) is 7.49. The highest BCUT2D eigenvalue weighted by molar-refractivity contribution is 6.78. The first-order chi connectivity index (χ1) is 4.88. The molecule has 0 bridgehead atoms. The van der Waals surface area contributed by atoms with Gasteiger partial charge in [-0.1, -0.05) is 25.2 Å². The molecule has 2 heteroatoms.